The summed E-state index contributed by atoms with van der Waals surface area (Å²) in [5, 5.41) is 4.65. The molecule has 0 amide bonds. The predicted molar refractivity (Wildman–Crippen MR) is 144 cm³/mol. The Hall–Kier alpha value is -2.77. The molecule has 2 saturated carbocycles. The van der Waals surface area contributed by atoms with E-state index < -0.39 is 0 Å². The number of rotatable bonds is 8. The van der Waals surface area contributed by atoms with Crippen LogP contribution in [0.25, 0.3) is 22.2 Å². The van der Waals surface area contributed by atoms with E-state index in [0.29, 0.717) is 12.2 Å². The Balaban J connectivity index is 1.32. The summed E-state index contributed by atoms with van der Waals surface area (Å²) in [6, 6.07) is 8.85. The van der Waals surface area contributed by atoms with Gasteiger partial charge < -0.3 is 14.8 Å². The summed E-state index contributed by atoms with van der Waals surface area (Å²) in [6.07, 6.45) is 11.3. The van der Waals surface area contributed by atoms with Crippen molar-refractivity contribution in [2.45, 2.75) is 57.5 Å². The lowest BCUT2D eigenvalue weighted by Gasteiger charge is -2.32. The lowest BCUT2D eigenvalue weighted by atomic mass is 9.94. The minimum atomic E-state index is -0.124. The fourth-order valence-corrected chi connectivity index (χ4v) is 5.79. The van der Waals surface area contributed by atoms with Gasteiger partial charge in [0.1, 0.15) is 17.8 Å². The first kappa shape index (κ1) is 23.6. The molecule has 1 atom stereocenters. The summed E-state index contributed by atoms with van der Waals surface area (Å²) in [6.45, 7) is 6.42. The van der Waals surface area contributed by atoms with Crippen LogP contribution in [0.2, 0.25) is 0 Å². The van der Waals surface area contributed by atoms with Crippen LogP contribution in [0.5, 0.6) is 0 Å². The number of carbonyl (C=O) groups is 1. The molecule has 1 unspecified atom stereocenters. The Morgan fingerprint density at radius 1 is 1.00 bits per heavy atom. The number of Topliss-reactive ketones (excluding diaryl/α,β-unsaturated/α-hetero) is 1. The third kappa shape index (κ3) is 5.04. The van der Waals surface area contributed by atoms with E-state index in [1.807, 2.05) is 0 Å². The van der Waals surface area contributed by atoms with Gasteiger partial charge in [0.15, 0.2) is 5.78 Å². The summed E-state index contributed by atoms with van der Waals surface area (Å²) < 4.78 is 2.14. The first-order chi connectivity index (χ1) is 17.7. The average Bonchev–Trinajstić information content (AvgIpc) is 3.64. The monoisotopic (exact) mass is 486 g/mol. The number of anilines is 1. The van der Waals surface area contributed by atoms with E-state index in [-0.39, 0.29) is 6.04 Å². The molecule has 6 rings (SSSR count). The Morgan fingerprint density at radius 2 is 1.81 bits per heavy atom. The second-order valence-corrected chi connectivity index (χ2v) is 11.0. The zero-order valence-corrected chi connectivity index (χ0v) is 21.5. The number of carbonyl (C=O) groups excluding carboxylic acids is 1. The van der Waals surface area contributed by atoms with Crippen LogP contribution in [0, 0.1) is 5.92 Å². The van der Waals surface area contributed by atoms with E-state index in [1.165, 1.54) is 24.8 Å². The Labute approximate surface area is 213 Å². The largest absolute Gasteiger partial charge is 0.369 e. The number of likely N-dealkylation sites (N-methyl/N-ethyl adjacent to an activating group) is 1. The number of benzene rings is 1. The Kier molecular flexibility index (Phi) is 6.76. The molecular weight excluding hydrogens is 448 g/mol. The highest BCUT2D eigenvalue weighted by atomic mass is 16.1. The Bertz CT molecular complexity index is 1210. The van der Waals surface area contributed by atoms with E-state index in [2.05, 4.69) is 62.2 Å². The lowest BCUT2D eigenvalue weighted by molar-refractivity contribution is -0.123. The molecule has 0 spiro atoms. The maximum absolute atomic E-state index is 12.9. The van der Waals surface area contributed by atoms with Gasteiger partial charge in [0.25, 0.3) is 0 Å². The summed E-state index contributed by atoms with van der Waals surface area (Å²) in [7, 11) is 2.20. The molecule has 7 heteroatoms. The SMILES string of the molecule is CN1CCN(Cc2ccc(-c3cn(C4CCCCC4=O)c4ncnc(NCCC5CC5)c34)cc2)CC1. The van der Waals surface area contributed by atoms with Gasteiger partial charge in [0, 0.05) is 57.4 Å². The minimum absolute atomic E-state index is 0.124. The van der Waals surface area contributed by atoms with E-state index >= 15 is 0 Å². The number of nitrogens with one attached hydrogen (secondary N) is 1. The van der Waals surface area contributed by atoms with Crippen molar-refractivity contribution in [3.05, 3.63) is 42.4 Å². The van der Waals surface area contributed by atoms with Crippen molar-refractivity contribution in [2.75, 3.05) is 45.1 Å². The average molecular weight is 487 g/mol. The molecule has 1 aromatic carbocycles. The number of hydrogen-bond acceptors (Lipinski definition) is 6. The second-order valence-electron chi connectivity index (χ2n) is 11.0. The standard InChI is InChI=1S/C29H38N6O/c1-33-14-16-34(17-15-33)18-22-8-10-23(11-9-22)24-19-35(25-4-2-3-5-26(25)36)29-27(24)28(31-20-32-29)30-13-12-21-6-7-21/h8-11,19-21,25H,2-7,12-18H2,1H3,(H,30,31,32). The van der Waals surface area contributed by atoms with Crippen LogP contribution in [-0.2, 0) is 11.3 Å². The molecule has 2 aromatic heterocycles. The number of fused-ring (bicyclic) bond motifs is 1. The van der Waals surface area contributed by atoms with Crippen LogP contribution in [0.4, 0.5) is 5.82 Å². The van der Waals surface area contributed by atoms with Crippen molar-refractivity contribution in [1.82, 2.24) is 24.3 Å². The van der Waals surface area contributed by atoms with Gasteiger partial charge in [-0.05, 0) is 43.4 Å². The van der Waals surface area contributed by atoms with Gasteiger partial charge in [-0.15, -0.1) is 0 Å². The number of ketones is 1. The predicted octanol–water partition coefficient (Wildman–Crippen LogP) is 4.74. The van der Waals surface area contributed by atoms with Gasteiger partial charge in [0.05, 0.1) is 11.4 Å². The van der Waals surface area contributed by atoms with Crippen LogP contribution in [0.15, 0.2) is 36.8 Å². The van der Waals surface area contributed by atoms with E-state index in [1.54, 1.807) is 6.33 Å². The molecule has 0 bridgehead atoms. The highest BCUT2D eigenvalue weighted by Crippen LogP contribution is 2.38. The molecule has 3 aromatic rings. The molecular formula is C29H38N6O. The topological polar surface area (TPSA) is 66.3 Å². The maximum Gasteiger partial charge on any atom is 0.155 e. The van der Waals surface area contributed by atoms with Gasteiger partial charge in [0.2, 0.25) is 0 Å². The van der Waals surface area contributed by atoms with E-state index in [9.17, 15) is 4.79 Å². The minimum Gasteiger partial charge on any atom is -0.369 e. The van der Waals surface area contributed by atoms with Crippen LogP contribution in [-0.4, -0.2) is 69.9 Å². The molecule has 3 fully saturated rings. The van der Waals surface area contributed by atoms with Crippen molar-refractivity contribution in [1.29, 1.82) is 0 Å². The lowest BCUT2D eigenvalue weighted by Crippen LogP contribution is -2.43. The zero-order valence-electron chi connectivity index (χ0n) is 21.5. The van der Waals surface area contributed by atoms with Crippen LogP contribution < -0.4 is 5.32 Å². The van der Waals surface area contributed by atoms with Crippen molar-refractivity contribution in [3.63, 3.8) is 0 Å². The molecule has 36 heavy (non-hydrogen) atoms. The quantitative estimate of drug-likeness (QED) is 0.496. The van der Waals surface area contributed by atoms with Crippen LogP contribution in [0.1, 0.15) is 56.6 Å². The van der Waals surface area contributed by atoms with Gasteiger partial charge in [-0.2, -0.15) is 0 Å². The van der Waals surface area contributed by atoms with Gasteiger partial charge in [-0.1, -0.05) is 43.5 Å². The van der Waals surface area contributed by atoms with Crippen LogP contribution in [0.3, 0.4) is 0 Å². The normalized spacial score (nSPS) is 21.8. The van der Waals surface area contributed by atoms with Gasteiger partial charge >= 0.3 is 0 Å². The van der Waals surface area contributed by atoms with Gasteiger partial charge in [-0.3, -0.25) is 9.69 Å². The molecule has 190 valence electrons. The summed E-state index contributed by atoms with van der Waals surface area (Å²) in [5.41, 5.74) is 4.48. The number of hydrogen-bond donors (Lipinski definition) is 1. The molecule has 0 radical (unpaired) electrons. The third-order valence-corrected chi connectivity index (χ3v) is 8.28. The molecule has 1 saturated heterocycles. The molecule has 2 aliphatic carbocycles. The molecule has 1 N–H and O–H groups in total. The molecule has 1 aliphatic heterocycles. The maximum atomic E-state index is 12.9. The van der Waals surface area contributed by atoms with E-state index in [0.717, 1.165) is 92.4 Å². The summed E-state index contributed by atoms with van der Waals surface area (Å²) in [5.74, 6) is 2.08. The molecule has 3 aliphatic rings. The second kappa shape index (κ2) is 10.3. The fraction of sp³-hybridized carbons (Fsp3) is 0.552. The number of piperazine rings is 1. The highest BCUT2D eigenvalue weighted by molar-refractivity contribution is 6.02. The Morgan fingerprint density at radius 3 is 2.56 bits per heavy atom. The van der Waals surface area contributed by atoms with Crippen molar-refractivity contribution in [3.8, 4) is 11.1 Å². The third-order valence-electron chi connectivity index (χ3n) is 8.28. The first-order valence-corrected chi connectivity index (χ1v) is 13.8. The van der Waals surface area contributed by atoms with Crippen molar-refractivity contribution < 1.29 is 4.79 Å². The molecule has 3 heterocycles. The van der Waals surface area contributed by atoms with Gasteiger partial charge in [-0.25, -0.2) is 9.97 Å². The number of aromatic nitrogens is 3. The fourth-order valence-electron chi connectivity index (χ4n) is 5.79. The zero-order chi connectivity index (χ0) is 24.5. The van der Waals surface area contributed by atoms with Crippen LogP contribution >= 0.6 is 0 Å². The smallest absolute Gasteiger partial charge is 0.155 e. The first-order valence-electron chi connectivity index (χ1n) is 13.8. The van der Waals surface area contributed by atoms with Crippen molar-refractivity contribution in [2.24, 2.45) is 5.92 Å². The van der Waals surface area contributed by atoms with Crippen molar-refractivity contribution >= 4 is 22.6 Å². The number of nitrogens with zero attached hydrogens (tertiary/aromatic N) is 5. The van der Waals surface area contributed by atoms with E-state index in [4.69, 9.17) is 4.98 Å². The summed E-state index contributed by atoms with van der Waals surface area (Å²) in [4.78, 5) is 27.2. The highest BCUT2D eigenvalue weighted by Gasteiger charge is 2.28. The molecule has 7 nitrogen and oxygen atoms in total. The summed E-state index contributed by atoms with van der Waals surface area (Å²) >= 11 is 0.